The molecule has 3 aromatic rings. The summed E-state index contributed by atoms with van der Waals surface area (Å²) in [5, 5.41) is 2.76. The van der Waals surface area contributed by atoms with Crippen LogP contribution in [0.4, 0.5) is 34.6 Å². The van der Waals surface area contributed by atoms with E-state index in [1.54, 1.807) is 12.1 Å². The number of hydrogen-bond acceptors (Lipinski definition) is 7. The summed E-state index contributed by atoms with van der Waals surface area (Å²) in [6, 6.07) is 9.33. The topological polar surface area (TPSA) is 70.2 Å². The highest BCUT2D eigenvalue weighted by molar-refractivity contribution is 6.76. The van der Waals surface area contributed by atoms with Gasteiger partial charge in [0, 0.05) is 70.2 Å². The van der Waals surface area contributed by atoms with Gasteiger partial charge in [0.2, 0.25) is 5.88 Å². The summed E-state index contributed by atoms with van der Waals surface area (Å²) >= 11 is 0. The standard InChI is InChI=1S/C34H43F4N5O3Si/c1-22-21-43(9-8-41(22)2)31-19-27(35)24(23-6-7-30(28(36)16-23)42-10-12-45-13-11-42)17-29(31)40-34(44)26-20-39-32(18-25(26)33(37)38)46-14-15-47(3,4)5/h6-7,16-20,22,33H,8-15,21H2,1-5H3,(H,40,44). The molecule has 0 aliphatic carbocycles. The number of pyridine rings is 1. The molecule has 47 heavy (non-hydrogen) atoms. The summed E-state index contributed by atoms with van der Waals surface area (Å²) in [7, 11) is 0.581. The predicted molar refractivity (Wildman–Crippen MR) is 180 cm³/mol. The second kappa shape index (κ2) is 14.6. The third kappa shape index (κ3) is 8.43. The maximum Gasteiger partial charge on any atom is 0.264 e. The van der Waals surface area contributed by atoms with Gasteiger partial charge in [-0.25, -0.2) is 22.5 Å². The molecule has 0 spiro atoms. The number of nitrogens with zero attached hydrogens (tertiary/aromatic N) is 4. The first-order chi connectivity index (χ1) is 22.3. The Morgan fingerprint density at radius 1 is 1.02 bits per heavy atom. The first-order valence-corrected chi connectivity index (χ1v) is 19.6. The van der Waals surface area contributed by atoms with Crippen molar-refractivity contribution in [1.29, 1.82) is 0 Å². The minimum Gasteiger partial charge on any atom is -0.478 e. The average Bonchev–Trinajstić information content (AvgIpc) is 3.02. The van der Waals surface area contributed by atoms with E-state index in [1.807, 2.05) is 23.8 Å². The van der Waals surface area contributed by atoms with E-state index in [0.29, 0.717) is 63.9 Å². The lowest BCUT2D eigenvalue weighted by molar-refractivity contribution is 0.101. The fourth-order valence-electron chi connectivity index (χ4n) is 5.70. The smallest absolute Gasteiger partial charge is 0.264 e. The molecule has 2 fully saturated rings. The summed E-state index contributed by atoms with van der Waals surface area (Å²) in [6.45, 7) is 12.8. The molecule has 0 bridgehead atoms. The molecule has 8 nitrogen and oxygen atoms in total. The van der Waals surface area contributed by atoms with Crippen molar-refractivity contribution in [2.75, 3.05) is 74.7 Å². The van der Waals surface area contributed by atoms with Gasteiger partial charge in [0.15, 0.2) is 0 Å². The van der Waals surface area contributed by atoms with Crippen molar-refractivity contribution in [2.45, 2.75) is 45.1 Å². The van der Waals surface area contributed by atoms with Crippen LogP contribution in [-0.2, 0) is 4.74 Å². The van der Waals surface area contributed by atoms with E-state index in [4.69, 9.17) is 9.47 Å². The van der Waals surface area contributed by atoms with Gasteiger partial charge < -0.3 is 29.5 Å². The normalized spacial score (nSPS) is 17.7. The first kappa shape index (κ1) is 34.6. The molecule has 2 aromatic carbocycles. The van der Waals surface area contributed by atoms with Crippen LogP contribution in [0.25, 0.3) is 11.1 Å². The number of aromatic nitrogens is 1. The van der Waals surface area contributed by atoms with E-state index in [1.165, 1.54) is 18.2 Å². The first-order valence-electron chi connectivity index (χ1n) is 15.9. The Labute approximate surface area is 274 Å². The fraction of sp³-hybridized carbons (Fsp3) is 0.471. The number of benzene rings is 2. The molecule has 0 radical (unpaired) electrons. The Morgan fingerprint density at radius 3 is 2.43 bits per heavy atom. The van der Waals surface area contributed by atoms with E-state index < -0.39 is 37.6 Å². The van der Waals surface area contributed by atoms with Crippen molar-refractivity contribution in [1.82, 2.24) is 9.88 Å². The summed E-state index contributed by atoms with van der Waals surface area (Å²) in [5.41, 5.74) is 0.534. The Balaban J connectivity index is 1.48. The van der Waals surface area contributed by atoms with Gasteiger partial charge in [0.1, 0.15) is 11.6 Å². The SMILES string of the molecule is CC1CN(c2cc(F)c(-c3ccc(N4CCOCC4)c(F)c3)cc2NC(=O)c2cnc(OCC[Si](C)(C)C)cc2C(F)F)CCN1C. The van der Waals surface area contributed by atoms with Gasteiger partial charge in [-0.3, -0.25) is 4.79 Å². The zero-order chi connectivity index (χ0) is 33.9. The van der Waals surface area contributed by atoms with Crippen molar-refractivity contribution in [2.24, 2.45) is 0 Å². The van der Waals surface area contributed by atoms with Crippen molar-refractivity contribution in [3.05, 3.63) is 65.4 Å². The third-order valence-electron chi connectivity index (χ3n) is 8.74. The number of carbonyl (C=O) groups excluding carboxylic acids is 1. The predicted octanol–water partition coefficient (Wildman–Crippen LogP) is 6.91. The zero-order valence-corrected chi connectivity index (χ0v) is 28.6. The highest BCUT2D eigenvalue weighted by Gasteiger charge is 2.27. The maximum absolute atomic E-state index is 15.9. The molecule has 13 heteroatoms. The molecular weight excluding hydrogens is 630 g/mol. The second-order valence-electron chi connectivity index (χ2n) is 13.4. The van der Waals surface area contributed by atoms with Gasteiger partial charge in [-0.05, 0) is 49.8 Å². The number of likely N-dealkylation sites (N-methyl/N-ethyl adjacent to an activating group) is 1. The number of rotatable bonds is 10. The van der Waals surface area contributed by atoms with E-state index >= 15 is 8.78 Å². The van der Waals surface area contributed by atoms with E-state index in [9.17, 15) is 13.6 Å². The quantitative estimate of drug-likeness (QED) is 0.185. The number of alkyl halides is 2. The minimum atomic E-state index is -2.97. The monoisotopic (exact) mass is 673 g/mol. The van der Waals surface area contributed by atoms with Crippen LogP contribution < -0.4 is 19.9 Å². The number of ether oxygens (including phenoxy) is 2. The molecule has 3 heterocycles. The van der Waals surface area contributed by atoms with Crippen LogP contribution in [0.5, 0.6) is 5.88 Å². The molecule has 1 unspecified atom stereocenters. The van der Waals surface area contributed by atoms with Crippen LogP contribution in [-0.4, -0.2) is 89.5 Å². The summed E-state index contributed by atoms with van der Waals surface area (Å²) in [4.78, 5) is 23.8. The van der Waals surface area contributed by atoms with Crippen LogP contribution in [0.3, 0.4) is 0 Å². The number of carbonyl (C=O) groups is 1. The minimum absolute atomic E-state index is 0.0221. The van der Waals surface area contributed by atoms with Crippen LogP contribution in [0.15, 0.2) is 42.6 Å². The molecule has 5 rings (SSSR count). The molecular formula is C34H43F4N5O3Si. The largest absolute Gasteiger partial charge is 0.478 e. The Hall–Kier alpha value is -3.68. The molecule has 2 saturated heterocycles. The van der Waals surface area contributed by atoms with Gasteiger partial charge >= 0.3 is 0 Å². The van der Waals surface area contributed by atoms with E-state index in [-0.39, 0.29) is 34.3 Å². The molecule has 2 aliphatic rings. The Bertz CT molecular complexity index is 1580. The average molecular weight is 674 g/mol. The van der Waals surface area contributed by atoms with Crippen molar-refractivity contribution in [3.63, 3.8) is 0 Å². The Kier molecular flexibility index (Phi) is 10.8. The van der Waals surface area contributed by atoms with Crippen molar-refractivity contribution < 1.29 is 31.8 Å². The van der Waals surface area contributed by atoms with Gasteiger partial charge in [-0.1, -0.05) is 25.7 Å². The number of morpholine rings is 1. The lowest BCUT2D eigenvalue weighted by atomic mass is 10.0. The second-order valence-corrected chi connectivity index (χ2v) is 19.0. The number of anilines is 3. The van der Waals surface area contributed by atoms with Gasteiger partial charge in [-0.2, -0.15) is 0 Å². The van der Waals surface area contributed by atoms with Gasteiger partial charge in [0.25, 0.3) is 12.3 Å². The Morgan fingerprint density at radius 2 is 1.77 bits per heavy atom. The molecule has 254 valence electrons. The highest BCUT2D eigenvalue weighted by Crippen LogP contribution is 2.37. The van der Waals surface area contributed by atoms with E-state index in [2.05, 4.69) is 34.8 Å². The number of nitrogens with one attached hydrogen (secondary N) is 1. The van der Waals surface area contributed by atoms with Crippen LogP contribution in [0, 0.1) is 11.6 Å². The lowest BCUT2D eigenvalue weighted by Crippen LogP contribution is -2.50. The van der Waals surface area contributed by atoms with Crippen LogP contribution in [0.1, 0.15) is 29.3 Å². The van der Waals surface area contributed by atoms with Crippen LogP contribution >= 0.6 is 0 Å². The van der Waals surface area contributed by atoms with Gasteiger partial charge in [-0.15, -0.1) is 0 Å². The molecule has 1 atom stereocenters. The van der Waals surface area contributed by atoms with Crippen molar-refractivity contribution >= 4 is 31.0 Å². The van der Waals surface area contributed by atoms with Crippen molar-refractivity contribution in [3.8, 4) is 17.0 Å². The van der Waals surface area contributed by atoms with Gasteiger partial charge in [0.05, 0.1) is 42.4 Å². The molecule has 2 aliphatic heterocycles. The molecule has 0 saturated carbocycles. The summed E-state index contributed by atoms with van der Waals surface area (Å²) < 4.78 is 70.7. The summed E-state index contributed by atoms with van der Waals surface area (Å²) in [6.07, 6.45) is -1.88. The van der Waals surface area contributed by atoms with E-state index in [0.717, 1.165) is 18.3 Å². The maximum atomic E-state index is 15.9. The number of piperazine rings is 1. The number of halogens is 4. The number of amides is 1. The fourth-order valence-corrected chi connectivity index (χ4v) is 6.41. The third-order valence-corrected chi connectivity index (χ3v) is 10.4. The summed E-state index contributed by atoms with van der Waals surface area (Å²) in [5.74, 6) is -1.91. The van der Waals surface area contributed by atoms with Crippen LogP contribution in [0.2, 0.25) is 25.7 Å². The number of hydrogen-bond donors (Lipinski definition) is 1. The highest BCUT2D eigenvalue weighted by atomic mass is 28.3. The zero-order valence-electron chi connectivity index (χ0n) is 27.6. The molecule has 1 N–H and O–H groups in total. The molecule has 1 aromatic heterocycles. The molecule has 1 amide bonds. The lowest BCUT2D eigenvalue weighted by Gasteiger charge is -2.39.